The molecule has 0 spiro atoms. The number of aromatic nitrogens is 1. The highest BCUT2D eigenvalue weighted by Crippen LogP contribution is 2.24. The summed E-state index contributed by atoms with van der Waals surface area (Å²) in [6, 6.07) is 6.75. The maximum Gasteiger partial charge on any atom is 0.246 e. The van der Waals surface area contributed by atoms with E-state index in [1.54, 1.807) is 18.3 Å². The van der Waals surface area contributed by atoms with E-state index < -0.39 is 32.4 Å². The number of benzene rings is 1. The van der Waals surface area contributed by atoms with Gasteiger partial charge in [-0.2, -0.15) is 4.31 Å². The molecule has 24 heavy (non-hydrogen) atoms. The molecule has 0 bridgehead atoms. The first-order valence-corrected chi connectivity index (χ1v) is 8.65. The standard InChI is InChI=1S/C15H14F3N3O2S/c16-11-4-5-12(15(18)14(11)17)24(22,23)21-9-7-20(8-10-21)13-3-1-2-6-19-13/h1-6H,7-10H2. The second kappa shape index (κ2) is 6.40. The quantitative estimate of drug-likeness (QED) is 0.789. The first-order valence-electron chi connectivity index (χ1n) is 7.21. The summed E-state index contributed by atoms with van der Waals surface area (Å²) in [4.78, 5) is 5.23. The van der Waals surface area contributed by atoms with Crippen molar-refractivity contribution in [1.82, 2.24) is 9.29 Å². The molecule has 2 aromatic rings. The van der Waals surface area contributed by atoms with Crippen LogP contribution in [0.4, 0.5) is 19.0 Å². The third-order valence-electron chi connectivity index (χ3n) is 3.83. The van der Waals surface area contributed by atoms with E-state index in [0.717, 1.165) is 10.4 Å². The Balaban J connectivity index is 1.80. The van der Waals surface area contributed by atoms with E-state index in [1.807, 2.05) is 11.0 Å². The highest BCUT2D eigenvalue weighted by atomic mass is 32.2. The lowest BCUT2D eigenvalue weighted by molar-refractivity contribution is 0.377. The van der Waals surface area contributed by atoms with Crippen LogP contribution in [0.2, 0.25) is 0 Å². The largest absolute Gasteiger partial charge is 0.354 e. The first-order chi connectivity index (χ1) is 11.4. The van der Waals surface area contributed by atoms with Crippen LogP contribution in [0.1, 0.15) is 0 Å². The number of anilines is 1. The molecule has 1 aromatic carbocycles. The summed E-state index contributed by atoms with van der Waals surface area (Å²) >= 11 is 0. The smallest absolute Gasteiger partial charge is 0.246 e. The molecule has 5 nitrogen and oxygen atoms in total. The second-order valence-corrected chi connectivity index (χ2v) is 7.16. The van der Waals surface area contributed by atoms with Gasteiger partial charge in [0, 0.05) is 32.4 Å². The van der Waals surface area contributed by atoms with Gasteiger partial charge in [-0.25, -0.2) is 26.6 Å². The predicted octanol–water partition coefficient (Wildman–Crippen LogP) is 2.01. The van der Waals surface area contributed by atoms with Gasteiger partial charge in [0.15, 0.2) is 17.5 Å². The molecule has 1 saturated heterocycles. The fourth-order valence-corrected chi connectivity index (χ4v) is 4.02. The Bertz CT molecular complexity index is 839. The van der Waals surface area contributed by atoms with Gasteiger partial charge in [-0.05, 0) is 24.3 Å². The molecule has 0 saturated carbocycles. The Morgan fingerprint density at radius 3 is 2.25 bits per heavy atom. The molecule has 128 valence electrons. The van der Waals surface area contributed by atoms with Crippen LogP contribution in [-0.4, -0.2) is 43.9 Å². The molecule has 1 aliphatic heterocycles. The van der Waals surface area contributed by atoms with Crippen molar-refractivity contribution in [2.45, 2.75) is 4.90 Å². The summed E-state index contributed by atoms with van der Waals surface area (Å²) in [5, 5.41) is 0. The van der Waals surface area contributed by atoms with E-state index in [1.165, 1.54) is 0 Å². The molecule has 0 aliphatic carbocycles. The summed E-state index contributed by atoms with van der Waals surface area (Å²) in [7, 11) is -4.23. The van der Waals surface area contributed by atoms with Crippen molar-refractivity contribution >= 4 is 15.8 Å². The molecule has 0 N–H and O–H groups in total. The molecular weight excluding hydrogens is 343 g/mol. The summed E-state index contributed by atoms with van der Waals surface area (Å²) in [5.74, 6) is -4.19. The van der Waals surface area contributed by atoms with Gasteiger partial charge in [0.25, 0.3) is 0 Å². The van der Waals surface area contributed by atoms with Crippen molar-refractivity contribution in [2.75, 3.05) is 31.1 Å². The van der Waals surface area contributed by atoms with Gasteiger partial charge in [-0.3, -0.25) is 0 Å². The van der Waals surface area contributed by atoms with Gasteiger partial charge in [0.1, 0.15) is 10.7 Å². The lowest BCUT2D eigenvalue weighted by atomic mass is 10.3. The van der Waals surface area contributed by atoms with Crippen LogP contribution in [0, 0.1) is 17.5 Å². The highest BCUT2D eigenvalue weighted by molar-refractivity contribution is 7.89. The third-order valence-corrected chi connectivity index (χ3v) is 5.75. The SMILES string of the molecule is O=S(=O)(c1ccc(F)c(F)c1F)N1CCN(c2ccccn2)CC1. The molecule has 9 heteroatoms. The van der Waals surface area contributed by atoms with E-state index in [4.69, 9.17) is 0 Å². The van der Waals surface area contributed by atoms with E-state index in [2.05, 4.69) is 4.98 Å². The van der Waals surface area contributed by atoms with Crippen molar-refractivity contribution in [3.05, 3.63) is 54.0 Å². The van der Waals surface area contributed by atoms with Crippen LogP contribution in [0.5, 0.6) is 0 Å². The maximum atomic E-state index is 13.8. The molecule has 1 aromatic heterocycles. The fourth-order valence-electron chi connectivity index (χ4n) is 2.54. The average Bonchev–Trinajstić information content (AvgIpc) is 2.60. The average molecular weight is 357 g/mol. The van der Waals surface area contributed by atoms with Gasteiger partial charge in [0.05, 0.1) is 0 Å². The van der Waals surface area contributed by atoms with Gasteiger partial charge < -0.3 is 4.90 Å². The zero-order valence-electron chi connectivity index (χ0n) is 12.5. The minimum absolute atomic E-state index is 0.0946. The van der Waals surface area contributed by atoms with Crippen molar-refractivity contribution in [3.63, 3.8) is 0 Å². The summed E-state index contributed by atoms with van der Waals surface area (Å²) < 4.78 is 66.1. The van der Waals surface area contributed by atoms with Gasteiger partial charge in [-0.1, -0.05) is 6.07 Å². The zero-order chi connectivity index (χ0) is 17.3. The lowest BCUT2D eigenvalue weighted by Crippen LogP contribution is -2.49. The first kappa shape index (κ1) is 16.7. The second-order valence-electron chi connectivity index (χ2n) is 5.25. The summed E-state index contributed by atoms with van der Waals surface area (Å²) in [5.41, 5.74) is 0. The van der Waals surface area contributed by atoms with Crippen molar-refractivity contribution in [3.8, 4) is 0 Å². The summed E-state index contributed by atoms with van der Waals surface area (Å²) in [6.07, 6.45) is 1.63. The number of piperazine rings is 1. The van der Waals surface area contributed by atoms with Crippen LogP contribution in [-0.2, 0) is 10.0 Å². The van der Waals surface area contributed by atoms with Crippen LogP contribution in [0.3, 0.4) is 0 Å². The van der Waals surface area contributed by atoms with Crippen molar-refractivity contribution in [1.29, 1.82) is 0 Å². The Labute approximate surface area is 137 Å². The van der Waals surface area contributed by atoms with E-state index in [-0.39, 0.29) is 13.1 Å². The third kappa shape index (κ3) is 2.96. The molecule has 3 rings (SSSR count). The van der Waals surface area contributed by atoms with E-state index in [9.17, 15) is 21.6 Å². The Morgan fingerprint density at radius 1 is 0.917 bits per heavy atom. The zero-order valence-corrected chi connectivity index (χ0v) is 13.3. The van der Waals surface area contributed by atoms with Gasteiger partial charge in [-0.15, -0.1) is 0 Å². The van der Waals surface area contributed by atoms with Crippen LogP contribution in [0.15, 0.2) is 41.4 Å². The number of hydrogen-bond donors (Lipinski definition) is 0. The topological polar surface area (TPSA) is 53.5 Å². The molecule has 0 radical (unpaired) electrons. The molecule has 1 fully saturated rings. The van der Waals surface area contributed by atoms with Crippen molar-refractivity contribution in [2.24, 2.45) is 0 Å². The molecule has 0 unspecified atom stereocenters. The highest BCUT2D eigenvalue weighted by Gasteiger charge is 2.32. The van der Waals surface area contributed by atoms with E-state index >= 15 is 0 Å². The number of pyridine rings is 1. The number of halogens is 3. The van der Waals surface area contributed by atoms with Gasteiger partial charge in [0.2, 0.25) is 10.0 Å². The lowest BCUT2D eigenvalue weighted by Gasteiger charge is -2.34. The molecule has 0 atom stereocenters. The number of sulfonamides is 1. The number of nitrogens with zero attached hydrogens (tertiary/aromatic N) is 3. The Morgan fingerprint density at radius 2 is 1.62 bits per heavy atom. The van der Waals surface area contributed by atoms with Gasteiger partial charge >= 0.3 is 0 Å². The molecule has 2 heterocycles. The molecule has 1 aliphatic rings. The molecular formula is C15H14F3N3O2S. The minimum Gasteiger partial charge on any atom is -0.354 e. The Hall–Kier alpha value is -2.13. The normalized spacial score (nSPS) is 16.4. The summed E-state index contributed by atoms with van der Waals surface area (Å²) in [6.45, 7) is 0.914. The number of rotatable bonds is 3. The van der Waals surface area contributed by atoms with Crippen LogP contribution < -0.4 is 4.90 Å². The minimum atomic E-state index is -4.23. The van der Waals surface area contributed by atoms with Crippen LogP contribution >= 0.6 is 0 Å². The van der Waals surface area contributed by atoms with Crippen LogP contribution in [0.25, 0.3) is 0 Å². The monoisotopic (exact) mass is 357 g/mol. The maximum absolute atomic E-state index is 13.8. The molecule has 0 amide bonds. The predicted molar refractivity (Wildman–Crippen MR) is 81.5 cm³/mol. The Kier molecular flexibility index (Phi) is 4.46. The van der Waals surface area contributed by atoms with Crippen molar-refractivity contribution < 1.29 is 21.6 Å². The van der Waals surface area contributed by atoms with E-state index in [0.29, 0.717) is 25.0 Å². The number of hydrogen-bond acceptors (Lipinski definition) is 4. The fraction of sp³-hybridized carbons (Fsp3) is 0.267.